The second-order valence-corrected chi connectivity index (χ2v) is 7.16. The van der Waals surface area contributed by atoms with Crippen molar-refractivity contribution in [2.45, 2.75) is 0 Å². The topological polar surface area (TPSA) is 3.24 Å². The number of rotatable bonds is 1. The molecule has 28 heavy (non-hydrogen) atoms. The van der Waals surface area contributed by atoms with Gasteiger partial charge in [0.15, 0.2) is 0 Å². The minimum atomic E-state index is 0.846. The largest absolute Gasteiger partial charge is 0.378 e. The molecule has 0 atom stereocenters. The molecule has 0 aliphatic carbocycles. The summed E-state index contributed by atoms with van der Waals surface area (Å²) in [5.41, 5.74) is 2.09. The van der Waals surface area contributed by atoms with E-state index in [0.29, 0.717) is 0 Å². The van der Waals surface area contributed by atoms with Gasteiger partial charge in [-0.1, -0.05) is 78.3 Å². The van der Waals surface area contributed by atoms with Gasteiger partial charge in [0.2, 0.25) is 0 Å². The van der Waals surface area contributed by atoms with Crippen molar-refractivity contribution in [1.82, 2.24) is 0 Å². The summed E-state index contributed by atoms with van der Waals surface area (Å²) in [6, 6.07) is 33.6. The highest BCUT2D eigenvalue weighted by Crippen LogP contribution is 2.28. The molecule has 1 nitrogen and oxygen atoms in total. The van der Waals surface area contributed by atoms with Crippen LogP contribution in [0.2, 0.25) is 0 Å². The maximum Gasteiger partial charge on any atom is 0.114 e. The van der Waals surface area contributed by atoms with Crippen LogP contribution >= 0.6 is 0 Å². The fourth-order valence-corrected chi connectivity index (χ4v) is 3.56. The van der Waals surface area contributed by atoms with Crippen LogP contribution in [0.3, 0.4) is 0 Å². The summed E-state index contributed by atoms with van der Waals surface area (Å²) in [5, 5.41) is 7.35. The summed E-state index contributed by atoms with van der Waals surface area (Å²) in [6.45, 7) is 0. The Hall–Kier alpha value is -3.26. The van der Waals surface area contributed by atoms with Crippen LogP contribution in [0.1, 0.15) is 0 Å². The number of benzene rings is 5. The van der Waals surface area contributed by atoms with E-state index in [2.05, 4.69) is 71.6 Å². The lowest BCUT2D eigenvalue weighted by Gasteiger charge is -2.10. The molecule has 5 aromatic carbocycles. The van der Waals surface area contributed by atoms with Gasteiger partial charge >= 0.3 is 0 Å². The number of nitrogens with zero attached hydrogens (tertiary/aromatic N) is 1. The smallest absolute Gasteiger partial charge is 0.114 e. The van der Waals surface area contributed by atoms with E-state index in [4.69, 9.17) is 7.85 Å². The first kappa shape index (κ1) is 18.1. The van der Waals surface area contributed by atoms with Crippen LogP contribution in [0.5, 0.6) is 0 Å². The average molecular weight is 359 g/mol. The average Bonchev–Trinajstić information content (AvgIpc) is 2.73. The molecule has 5 rings (SSSR count). The lowest BCUT2D eigenvalue weighted by atomic mass is 9.87. The van der Waals surface area contributed by atoms with E-state index in [0.717, 1.165) is 10.8 Å². The van der Waals surface area contributed by atoms with Crippen LogP contribution in [0.15, 0.2) is 97.1 Å². The number of hydrogen-bond acceptors (Lipinski definition) is 1. The van der Waals surface area contributed by atoms with Crippen molar-refractivity contribution >= 4 is 51.3 Å². The molecule has 134 valence electrons. The Balaban J connectivity index is 0.000000181. The summed E-state index contributed by atoms with van der Waals surface area (Å²) < 4.78 is 0. The third kappa shape index (κ3) is 3.59. The van der Waals surface area contributed by atoms with Crippen LogP contribution in [0, 0.1) is 0 Å². The van der Waals surface area contributed by atoms with E-state index in [-0.39, 0.29) is 0 Å². The fourth-order valence-electron chi connectivity index (χ4n) is 3.56. The SMILES string of the molecule is CN(C)c1ccccc1.[B]c1cccc2ccc3cc4ccccc4cc3c12. The normalized spacial score (nSPS) is 10.6. The molecule has 0 saturated heterocycles. The van der Waals surface area contributed by atoms with E-state index in [1.807, 2.05) is 44.4 Å². The summed E-state index contributed by atoms with van der Waals surface area (Å²) in [4.78, 5) is 2.08. The van der Waals surface area contributed by atoms with Crippen molar-refractivity contribution in [2.75, 3.05) is 19.0 Å². The zero-order valence-corrected chi connectivity index (χ0v) is 16.3. The van der Waals surface area contributed by atoms with Gasteiger partial charge in [-0.15, -0.1) is 0 Å². The lowest BCUT2D eigenvalue weighted by Crippen LogP contribution is -2.07. The number of fused-ring (bicyclic) bond motifs is 4. The van der Waals surface area contributed by atoms with Crippen molar-refractivity contribution in [3.8, 4) is 0 Å². The van der Waals surface area contributed by atoms with E-state index < -0.39 is 0 Å². The van der Waals surface area contributed by atoms with Crippen LogP contribution < -0.4 is 10.4 Å². The summed E-state index contributed by atoms with van der Waals surface area (Å²) in [7, 11) is 10.2. The third-order valence-electron chi connectivity index (χ3n) is 5.03. The Labute approximate surface area is 167 Å². The molecule has 0 saturated carbocycles. The zero-order valence-electron chi connectivity index (χ0n) is 16.3. The van der Waals surface area contributed by atoms with Gasteiger partial charge in [-0.2, -0.15) is 0 Å². The predicted molar refractivity (Wildman–Crippen MR) is 125 cm³/mol. The highest BCUT2D eigenvalue weighted by molar-refractivity contribution is 6.41. The monoisotopic (exact) mass is 359 g/mol. The Kier molecular flexibility index (Phi) is 5.03. The number of anilines is 1. The minimum Gasteiger partial charge on any atom is -0.378 e. The fraction of sp³-hybridized carbons (Fsp3) is 0.0769. The molecule has 0 unspecified atom stereocenters. The van der Waals surface area contributed by atoms with Crippen LogP contribution in [-0.4, -0.2) is 21.9 Å². The van der Waals surface area contributed by atoms with E-state index in [1.165, 1.54) is 32.6 Å². The first-order chi connectivity index (χ1) is 13.6. The molecule has 0 heterocycles. The highest BCUT2D eigenvalue weighted by atomic mass is 15.1. The molecule has 0 spiro atoms. The van der Waals surface area contributed by atoms with Crippen LogP contribution in [-0.2, 0) is 0 Å². The third-order valence-corrected chi connectivity index (χ3v) is 5.03. The molecular formula is C26H22BN. The molecule has 0 aromatic heterocycles. The molecule has 5 aromatic rings. The van der Waals surface area contributed by atoms with E-state index in [1.54, 1.807) is 0 Å². The Morgan fingerprint density at radius 1 is 0.571 bits per heavy atom. The van der Waals surface area contributed by atoms with Crippen molar-refractivity contribution in [1.29, 1.82) is 0 Å². The molecule has 0 aliphatic heterocycles. The molecule has 0 aliphatic rings. The Morgan fingerprint density at radius 3 is 1.86 bits per heavy atom. The van der Waals surface area contributed by atoms with Gasteiger partial charge < -0.3 is 4.90 Å². The lowest BCUT2D eigenvalue weighted by molar-refractivity contribution is 1.13. The van der Waals surface area contributed by atoms with E-state index in [9.17, 15) is 0 Å². The van der Waals surface area contributed by atoms with Gasteiger partial charge in [0.05, 0.1) is 0 Å². The maximum atomic E-state index is 6.17. The van der Waals surface area contributed by atoms with Gasteiger partial charge in [-0.25, -0.2) is 0 Å². The van der Waals surface area contributed by atoms with Crippen molar-refractivity contribution in [3.05, 3.63) is 97.1 Å². The zero-order chi connectivity index (χ0) is 19.5. The number of para-hydroxylation sites is 1. The molecule has 2 heteroatoms. The molecule has 2 radical (unpaired) electrons. The summed E-state index contributed by atoms with van der Waals surface area (Å²) in [5.74, 6) is 0. The second kappa shape index (κ2) is 7.78. The second-order valence-electron chi connectivity index (χ2n) is 7.16. The summed E-state index contributed by atoms with van der Waals surface area (Å²) >= 11 is 0. The molecule has 0 fully saturated rings. The van der Waals surface area contributed by atoms with Crippen molar-refractivity contribution in [2.24, 2.45) is 0 Å². The first-order valence-electron chi connectivity index (χ1n) is 9.45. The Bertz CT molecular complexity index is 1240. The van der Waals surface area contributed by atoms with Gasteiger partial charge in [-0.05, 0) is 56.6 Å². The van der Waals surface area contributed by atoms with Gasteiger partial charge in [0.1, 0.15) is 7.85 Å². The van der Waals surface area contributed by atoms with Gasteiger partial charge in [0.25, 0.3) is 0 Å². The molecule has 0 amide bonds. The van der Waals surface area contributed by atoms with Crippen molar-refractivity contribution < 1.29 is 0 Å². The highest BCUT2D eigenvalue weighted by Gasteiger charge is 2.04. The molecule has 0 bridgehead atoms. The van der Waals surface area contributed by atoms with Crippen molar-refractivity contribution in [3.63, 3.8) is 0 Å². The Morgan fingerprint density at radius 2 is 1.18 bits per heavy atom. The number of hydrogen-bond donors (Lipinski definition) is 0. The summed E-state index contributed by atoms with van der Waals surface area (Å²) in [6.07, 6.45) is 0. The van der Waals surface area contributed by atoms with Gasteiger partial charge in [-0.3, -0.25) is 0 Å². The van der Waals surface area contributed by atoms with Gasteiger partial charge in [0, 0.05) is 19.8 Å². The molecular weight excluding hydrogens is 337 g/mol. The first-order valence-corrected chi connectivity index (χ1v) is 9.45. The van der Waals surface area contributed by atoms with E-state index >= 15 is 0 Å². The molecule has 0 N–H and O–H groups in total. The quantitative estimate of drug-likeness (QED) is 0.211. The maximum absolute atomic E-state index is 6.17. The predicted octanol–water partition coefficient (Wildman–Crippen LogP) is 5.69. The standard InChI is InChI=1S/C18H11B.C8H11N/c19-17-7-3-6-12-8-9-15-10-13-4-1-2-5-14(13)11-16(15)18(12)17;1-9(2)8-6-4-3-5-7-8/h1-11H;3-7H,1-2H3. The minimum absolute atomic E-state index is 0.846. The van der Waals surface area contributed by atoms with Crippen LogP contribution in [0.25, 0.3) is 32.3 Å². The van der Waals surface area contributed by atoms with Crippen LogP contribution in [0.4, 0.5) is 5.69 Å².